The molecule has 0 amide bonds. The van der Waals surface area contributed by atoms with Crippen molar-refractivity contribution in [2.24, 2.45) is 70.0 Å². The summed E-state index contributed by atoms with van der Waals surface area (Å²) in [6.07, 6.45) is 15.9. The molecule has 15 atom stereocenters. The molecule has 5 fully saturated rings. The molecule has 9 rings (SSSR count). The third-order valence-electron chi connectivity index (χ3n) is 16.4. The number of rotatable bonds is 2. The molecule has 5 heteroatoms. The van der Waals surface area contributed by atoms with Crippen molar-refractivity contribution in [1.82, 2.24) is 0 Å². The Labute approximate surface area is 275 Å². The molecule has 0 aromatic carbocycles. The molecule has 0 unspecified atom stereocenters. The van der Waals surface area contributed by atoms with Crippen molar-refractivity contribution in [1.29, 1.82) is 0 Å². The van der Waals surface area contributed by atoms with Gasteiger partial charge in [0.15, 0.2) is 5.78 Å². The number of carbonyl (C=O) groups is 1. The van der Waals surface area contributed by atoms with Gasteiger partial charge < -0.3 is 20.4 Å². The molecule has 0 radical (unpaired) electrons. The van der Waals surface area contributed by atoms with Crippen LogP contribution in [0.1, 0.15) is 105 Å². The van der Waals surface area contributed by atoms with Gasteiger partial charge in [0.2, 0.25) is 0 Å². The van der Waals surface area contributed by atoms with Crippen molar-refractivity contribution in [3.8, 4) is 0 Å². The van der Waals surface area contributed by atoms with Crippen molar-refractivity contribution in [3.05, 3.63) is 46.1 Å². The van der Waals surface area contributed by atoms with Crippen LogP contribution in [0.3, 0.4) is 0 Å². The highest BCUT2D eigenvalue weighted by atomic mass is 16.3. The van der Waals surface area contributed by atoms with Crippen LogP contribution in [0.5, 0.6) is 0 Å². The van der Waals surface area contributed by atoms with E-state index in [4.69, 9.17) is 0 Å². The van der Waals surface area contributed by atoms with E-state index in [1.165, 1.54) is 32.1 Å². The van der Waals surface area contributed by atoms with E-state index in [-0.39, 0.29) is 35.4 Å². The van der Waals surface area contributed by atoms with Crippen molar-refractivity contribution in [2.75, 3.05) is 0 Å². The SMILES string of the molecule is CC(C)C1=C2CCC[C@H]3C=C[C@H]4CC[C@@H]5C[C@@H]([C@H]6CC[C@@]7(O)C8=CC(=O)[C@@H]9C[C@@H](O)[C@@H](O)C[C@]9(C)[C@H]8CC[C@]67C)[C@H](O)[C@@H]1C5=C4[C@H]23. The summed E-state index contributed by atoms with van der Waals surface area (Å²) in [5.41, 5.74) is 5.54. The predicted octanol–water partition coefficient (Wildman–Crippen LogP) is 6.46. The number of hydrogen-bond acceptors (Lipinski definition) is 5. The molecule has 0 aliphatic heterocycles. The average molecular weight is 629 g/mol. The second-order valence-electron chi connectivity index (χ2n) is 18.4. The fraction of sp³-hybridized carbons (Fsp3) is 0.780. The summed E-state index contributed by atoms with van der Waals surface area (Å²) in [6.45, 7) is 9.14. The molecule has 0 saturated heterocycles. The summed E-state index contributed by atoms with van der Waals surface area (Å²) in [7, 11) is 0. The topological polar surface area (TPSA) is 98.0 Å². The van der Waals surface area contributed by atoms with Gasteiger partial charge in [-0.25, -0.2) is 0 Å². The van der Waals surface area contributed by atoms with Gasteiger partial charge in [0, 0.05) is 23.2 Å². The number of aliphatic hydroxyl groups is 4. The van der Waals surface area contributed by atoms with E-state index >= 15 is 0 Å². The van der Waals surface area contributed by atoms with Crippen LogP contribution in [-0.2, 0) is 4.79 Å². The maximum absolute atomic E-state index is 13.7. The van der Waals surface area contributed by atoms with Gasteiger partial charge in [0.05, 0.1) is 23.9 Å². The van der Waals surface area contributed by atoms with Crippen molar-refractivity contribution < 1.29 is 25.2 Å². The van der Waals surface area contributed by atoms with Crippen molar-refractivity contribution in [2.45, 2.75) is 129 Å². The molecule has 0 aromatic heterocycles. The highest BCUT2D eigenvalue weighted by Gasteiger charge is 2.68. The lowest BCUT2D eigenvalue weighted by Gasteiger charge is -2.61. The van der Waals surface area contributed by atoms with Gasteiger partial charge in [-0.15, -0.1) is 0 Å². The van der Waals surface area contributed by atoms with Crippen LogP contribution in [0.15, 0.2) is 46.1 Å². The van der Waals surface area contributed by atoms with Gasteiger partial charge in [-0.1, -0.05) is 62.1 Å². The van der Waals surface area contributed by atoms with Crippen LogP contribution in [0.2, 0.25) is 0 Å². The zero-order chi connectivity index (χ0) is 32.1. The second kappa shape index (κ2) is 10.0. The Bertz CT molecular complexity index is 1480. The van der Waals surface area contributed by atoms with Crippen LogP contribution >= 0.6 is 0 Å². The van der Waals surface area contributed by atoms with Crippen LogP contribution < -0.4 is 0 Å². The molecular weight excluding hydrogens is 572 g/mol. The Morgan fingerprint density at radius 1 is 0.870 bits per heavy atom. The quantitative estimate of drug-likeness (QED) is 0.263. The minimum absolute atomic E-state index is 0.0174. The van der Waals surface area contributed by atoms with Crippen LogP contribution in [0.25, 0.3) is 0 Å². The second-order valence-corrected chi connectivity index (χ2v) is 18.4. The fourth-order valence-electron chi connectivity index (χ4n) is 14.4. The van der Waals surface area contributed by atoms with E-state index < -0.39 is 34.7 Å². The number of hydrogen-bond donors (Lipinski definition) is 4. The van der Waals surface area contributed by atoms with Crippen molar-refractivity contribution in [3.63, 3.8) is 0 Å². The molecule has 250 valence electrons. The molecule has 5 nitrogen and oxygen atoms in total. The first-order valence-corrected chi connectivity index (χ1v) is 19.1. The van der Waals surface area contributed by atoms with Gasteiger partial charge in [-0.05, 0) is 136 Å². The lowest BCUT2D eigenvalue weighted by atomic mass is 9.44. The van der Waals surface area contributed by atoms with Gasteiger partial charge >= 0.3 is 0 Å². The minimum Gasteiger partial charge on any atom is -0.392 e. The highest BCUT2D eigenvalue weighted by molar-refractivity contribution is 5.95. The maximum atomic E-state index is 13.7. The average Bonchev–Trinajstić information content (AvgIpc) is 3.30. The van der Waals surface area contributed by atoms with E-state index in [9.17, 15) is 25.2 Å². The summed E-state index contributed by atoms with van der Waals surface area (Å²) in [6, 6.07) is 0. The third kappa shape index (κ3) is 3.70. The molecule has 5 saturated carbocycles. The Balaban J connectivity index is 1.10. The Kier molecular flexibility index (Phi) is 6.65. The molecular formula is C41H56O5. The van der Waals surface area contributed by atoms with E-state index in [1.54, 1.807) is 28.4 Å². The Hall–Kier alpha value is -1.53. The zero-order valence-electron chi connectivity index (χ0n) is 28.4. The first-order chi connectivity index (χ1) is 21.9. The first-order valence-electron chi connectivity index (χ1n) is 19.1. The molecule has 0 spiro atoms. The predicted molar refractivity (Wildman–Crippen MR) is 177 cm³/mol. The van der Waals surface area contributed by atoms with E-state index in [0.29, 0.717) is 48.9 Å². The lowest BCUT2D eigenvalue weighted by Crippen LogP contribution is -2.61. The number of ketones is 1. The normalized spacial score (nSPS) is 53.8. The Morgan fingerprint density at radius 3 is 2.46 bits per heavy atom. The lowest BCUT2D eigenvalue weighted by molar-refractivity contribution is -0.156. The maximum Gasteiger partial charge on any atom is 0.159 e. The molecule has 0 heterocycles. The molecule has 0 bridgehead atoms. The van der Waals surface area contributed by atoms with E-state index in [2.05, 4.69) is 39.8 Å². The molecule has 9 aliphatic carbocycles. The van der Waals surface area contributed by atoms with Crippen LogP contribution in [-0.4, -0.2) is 50.1 Å². The van der Waals surface area contributed by atoms with Crippen molar-refractivity contribution >= 4 is 5.78 Å². The van der Waals surface area contributed by atoms with Crippen LogP contribution in [0.4, 0.5) is 0 Å². The fourth-order valence-corrected chi connectivity index (χ4v) is 14.4. The molecule has 4 N–H and O–H groups in total. The number of carbonyl (C=O) groups excluding carboxylic acids is 1. The summed E-state index contributed by atoms with van der Waals surface area (Å²) in [4.78, 5) is 13.7. The van der Waals surface area contributed by atoms with Gasteiger partial charge in [-0.3, -0.25) is 4.79 Å². The van der Waals surface area contributed by atoms with Gasteiger partial charge in [0.1, 0.15) is 0 Å². The van der Waals surface area contributed by atoms with Gasteiger partial charge in [-0.2, -0.15) is 0 Å². The summed E-state index contributed by atoms with van der Waals surface area (Å²) in [5.74, 6) is 2.87. The molecule has 0 aromatic rings. The van der Waals surface area contributed by atoms with Crippen LogP contribution in [0, 0.1) is 70.0 Å². The summed E-state index contributed by atoms with van der Waals surface area (Å²) >= 11 is 0. The summed E-state index contributed by atoms with van der Waals surface area (Å²) < 4.78 is 0. The highest BCUT2D eigenvalue weighted by Crippen LogP contribution is 2.70. The monoisotopic (exact) mass is 628 g/mol. The van der Waals surface area contributed by atoms with E-state index in [1.807, 2.05) is 0 Å². The largest absolute Gasteiger partial charge is 0.392 e. The summed E-state index contributed by atoms with van der Waals surface area (Å²) in [5, 5.41) is 46.9. The minimum atomic E-state index is -1.08. The standard InChI is InChI=1S/C41H56O5/c1-20(2)33-24-7-5-6-21-8-9-22-10-11-23-16-25(38(45)37(33)36(23)35(22)34(21)24)26-13-15-41(46)28-17-30(42)29-18-31(43)32(44)19-39(29,3)27(28)12-14-40(26,41)4/h8-9,17,20-23,25-27,29,31-32,34,37-38,43-46H,5-7,10-16,18-19H2,1-4H3/t21-,22-,23+,25-,26+,27-,29-,31+,32-,34-,37-,38-,39+,40+,41+/m0/s1. The molecule has 9 aliphatic rings. The van der Waals surface area contributed by atoms with Gasteiger partial charge in [0.25, 0.3) is 0 Å². The number of aliphatic hydroxyl groups excluding tert-OH is 3. The number of allylic oxidation sites excluding steroid dienone is 5. The van der Waals surface area contributed by atoms with E-state index in [0.717, 1.165) is 31.3 Å². The first kappa shape index (κ1) is 30.5. The number of fused-ring (bicyclic) bond motifs is 5. The smallest absolute Gasteiger partial charge is 0.159 e. The molecule has 46 heavy (non-hydrogen) atoms. The third-order valence-corrected chi connectivity index (χ3v) is 16.4. The zero-order valence-corrected chi connectivity index (χ0v) is 28.4. The Morgan fingerprint density at radius 2 is 1.67 bits per heavy atom.